The quantitative estimate of drug-likeness (QED) is 0.790. The summed E-state index contributed by atoms with van der Waals surface area (Å²) in [7, 11) is 1.36. The summed E-state index contributed by atoms with van der Waals surface area (Å²) < 4.78 is 10.2. The second kappa shape index (κ2) is 6.00. The highest BCUT2D eigenvalue weighted by Crippen LogP contribution is 2.14. The Balaban J connectivity index is 1.98. The molecule has 0 aliphatic heterocycles. The van der Waals surface area contributed by atoms with Gasteiger partial charge in [-0.05, 0) is 43.3 Å². The number of pyridine rings is 1. The van der Waals surface area contributed by atoms with Crippen molar-refractivity contribution < 1.29 is 14.3 Å². The zero-order valence-corrected chi connectivity index (χ0v) is 10.9. The van der Waals surface area contributed by atoms with E-state index in [9.17, 15) is 4.79 Å². The predicted octanol–water partition coefficient (Wildman–Crippen LogP) is 2.76. The molecule has 1 aromatic carbocycles. The van der Waals surface area contributed by atoms with E-state index in [1.807, 2.05) is 25.1 Å². The Bertz CT molecular complexity index is 564. The molecule has 98 valence electrons. The normalized spacial score (nSPS) is 10.0. The number of hydrogen-bond acceptors (Lipinski definition) is 4. The highest BCUT2D eigenvalue weighted by molar-refractivity contribution is 5.89. The number of rotatable bonds is 4. The van der Waals surface area contributed by atoms with Gasteiger partial charge in [-0.2, -0.15) is 0 Å². The van der Waals surface area contributed by atoms with Crippen molar-refractivity contribution in [3.05, 3.63) is 59.4 Å². The summed E-state index contributed by atoms with van der Waals surface area (Å²) >= 11 is 0. The lowest BCUT2D eigenvalue weighted by atomic mass is 10.2. The predicted molar refractivity (Wildman–Crippen MR) is 71.1 cm³/mol. The Morgan fingerprint density at radius 3 is 2.53 bits per heavy atom. The molecule has 0 bridgehead atoms. The lowest BCUT2D eigenvalue weighted by molar-refractivity contribution is 0.0600. The Hall–Kier alpha value is -2.36. The number of hydrogen-bond donors (Lipinski definition) is 0. The van der Waals surface area contributed by atoms with Gasteiger partial charge >= 0.3 is 5.97 Å². The number of methoxy groups -OCH3 is 1. The molecule has 0 saturated carbocycles. The minimum Gasteiger partial charge on any atom is -0.487 e. The van der Waals surface area contributed by atoms with Crippen LogP contribution in [0.4, 0.5) is 0 Å². The maximum absolute atomic E-state index is 11.3. The molecule has 0 amide bonds. The fourth-order valence-corrected chi connectivity index (χ4v) is 1.64. The first-order chi connectivity index (χ1) is 9.19. The molecule has 2 aromatic rings. The molecule has 1 aromatic heterocycles. The number of benzene rings is 1. The van der Waals surface area contributed by atoms with E-state index < -0.39 is 0 Å². The molecule has 2 rings (SSSR count). The van der Waals surface area contributed by atoms with E-state index in [1.165, 1.54) is 7.11 Å². The van der Waals surface area contributed by atoms with Crippen LogP contribution in [0, 0.1) is 6.92 Å². The van der Waals surface area contributed by atoms with Crippen LogP contribution in [0.5, 0.6) is 5.75 Å². The van der Waals surface area contributed by atoms with E-state index in [0.29, 0.717) is 17.9 Å². The van der Waals surface area contributed by atoms with Crippen molar-refractivity contribution in [2.24, 2.45) is 0 Å². The van der Waals surface area contributed by atoms with Crippen LogP contribution >= 0.6 is 0 Å². The third-order valence-corrected chi connectivity index (χ3v) is 2.61. The summed E-state index contributed by atoms with van der Waals surface area (Å²) in [5.41, 5.74) is 2.34. The molecule has 0 atom stereocenters. The molecular weight excluding hydrogens is 242 g/mol. The van der Waals surface area contributed by atoms with E-state index >= 15 is 0 Å². The first-order valence-corrected chi connectivity index (χ1v) is 5.93. The molecule has 0 saturated heterocycles. The van der Waals surface area contributed by atoms with Crippen molar-refractivity contribution >= 4 is 5.97 Å². The Morgan fingerprint density at radius 1 is 1.16 bits per heavy atom. The average Bonchev–Trinajstić information content (AvgIpc) is 2.45. The molecule has 0 aliphatic carbocycles. The topological polar surface area (TPSA) is 48.4 Å². The van der Waals surface area contributed by atoms with Crippen LogP contribution in [-0.4, -0.2) is 18.1 Å². The maximum atomic E-state index is 11.3. The van der Waals surface area contributed by atoms with E-state index in [2.05, 4.69) is 9.72 Å². The molecule has 0 fully saturated rings. The van der Waals surface area contributed by atoms with Gasteiger partial charge in [0.1, 0.15) is 12.4 Å². The molecule has 4 heteroatoms. The van der Waals surface area contributed by atoms with Crippen LogP contribution in [0.3, 0.4) is 0 Å². The van der Waals surface area contributed by atoms with Gasteiger partial charge < -0.3 is 9.47 Å². The van der Waals surface area contributed by atoms with Crippen LogP contribution in [0.15, 0.2) is 42.5 Å². The van der Waals surface area contributed by atoms with Crippen LogP contribution in [0.1, 0.15) is 21.7 Å². The van der Waals surface area contributed by atoms with Crippen molar-refractivity contribution in [3.8, 4) is 5.75 Å². The fraction of sp³-hybridized carbons (Fsp3) is 0.200. The maximum Gasteiger partial charge on any atom is 0.337 e. The van der Waals surface area contributed by atoms with Crippen molar-refractivity contribution in [2.45, 2.75) is 13.5 Å². The van der Waals surface area contributed by atoms with Gasteiger partial charge in [-0.25, -0.2) is 4.79 Å². The minimum atomic E-state index is -0.355. The van der Waals surface area contributed by atoms with Crippen molar-refractivity contribution in [2.75, 3.05) is 7.11 Å². The van der Waals surface area contributed by atoms with Gasteiger partial charge in [0.15, 0.2) is 0 Å². The summed E-state index contributed by atoms with van der Waals surface area (Å²) in [5, 5.41) is 0. The number of aromatic nitrogens is 1. The SMILES string of the molecule is COC(=O)c1ccc(OCc2cccc(C)n2)cc1. The molecule has 19 heavy (non-hydrogen) atoms. The zero-order valence-electron chi connectivity index (χ0n) is 10.9. The van der Waals surface area contributed by atoms with E-state index in [-0.39, 0.29) is 5.97 Å². The first kappa shape index (κ1) is 13.1. The van der Waals surface area contributed by atoms with Gasteiger partial charge in [0, 0.05) is 5.69 Å². The first-order valence-electron chi connectivity index (χ1n) is 5.93. The lowest BCUT2D eigenvalue weighted by Gasteiger charge is -2.06. The largest absolute Gasteiger partial charge is 0.487 e. The van der Waals surface area contributed by atoms with Crippen molar-refractivity contribution in [1.82, 2.24) is 4.98 Å². The standard InChI is InChI=1S/C15H15NO3/c1-11-4-3-5-13(16-11)10-19-14-8-6-12(7-9-14)15(17)18-2/h3-9H,10H2,1-2H3. The van der Waals surface area contributed by atoms with Gasteiger partial charge in [-0.1, -0.05) is 6.07 Å². The van der Waals surface area contributed by atoms with Crippen LogP contribution in [-0.2, 0) is 11.3 Å². The van der Waals surface area contributed by atoms with Crippen LogP contribution < -0.4 is 4.74 Å². The Labute approximate surface area is 112 Å². The number of carbonyl (C=O) groups is 1. The van der Waals surface area contributed by atoms with E-state index in [4.69, 9.17) is 4.74 Å². The lowest BCUT2D eigenvalue weighted by Crippen LogP contribution is -2.02. The molecule has 0 spiro atoms. The average molecular weight is 257 g/mol. The Morgan fingerprint density at radius 2 is 1.89 bits per heavy atom. The number of nitrogens with zero attached hydrogens (tertiary/aromatic N) is 1. The summed E-state index contributed by atoms with van der Waals surface area (Å²) in [6.45, 7) is 2.34. The van der Waals surface area contributed by atoms with Crippen molar-refractivity contribution in [1.29, 1.82) is 0 Å². The molecule has 0 aliphatic rings. The van der Waals surface area contributed by atoms with Crippen LogP contribution in [0.25, 0.3) is 0 Å². The number of ether oxygens (including phenoxy) is 2. The molecule has 0 radical (unpaired) electrons. The summed E-state index contributed by atoms with van der Waals surface area (Å²) in [4.78, 5) is 15.6. The number of esters is 1. The van der Waals surface area contributed by atoms with Crippen molar-refractivity contribution in [3.63, 3.8) is 0 Å². The molecule has 0 N–H and O–H groups in total. The zero-order chi connectivity index (χ0) is 13.7. The molecule has 4 nitrogen and oxygen atoms in total. The highest BCUT2D eigenvalue weighted by atomic mass is 16.5. The third kappa shape index (κ3) is 3.55. The molecule has 0 unspecified atom stereocenters. The van der Waals surface area contributed by atoms with E-state index in [0.717, 1.165) is 11.4 Å². The number of carbonyl (C=O) groups excluding carboxylic acids is 1. The van der Waals surface area contributed by atoms with Gasteiger partial charge in [-0.15, -0.1) is 0 Å². The molecular formula is C15H15NO3. The monoisotopic (exact) mass is 257 g/mol. The minimum absolute atomic E-state index is 0.355. The van der Waals surface area contributed by atoms with Gasteiger partial charge in [-0.3, -0.25) is 4.98 Å². The summed E-state index contributed by atoms with van der Waals surface area (Å²) in [5.74, 6) is 0.336. The second-order valence-electron chi connectivity index (χ2n) is 4.07. The van der Waals surface area contributed by atoms with Gasteiger partial charge in [0.2, 0.25) is 0 Å². The summed E-state index contributed by atoms with van der Waals surface area (Å²) in [6.07, 6.45) is 0. The fourth-order valence-electron chi connectivity index (χ4n) is 1.64. The van der Waals surface area contributed by atoms with Gasteiger partial charge in [0.05, 0.1) is 18.4 Å². The second-order valence-corrected chi connectivity index (χ2v) is 4.07. The third-order valence-electron chi connectivity index (χ3n) is 2.61. The molecule has 1 heterocycles. The highest BCUT2D eigenvalue weighted by Gasteiger charge is 2.04. The van der Waals surface area contributed by atoms with Gasteiger partial charge in [0.25, 0.3) is 0 Å². The summed E-state index contributed by atoms with van der Waals surface area (Å²) in [6, 6.07) is 12.6. The van der Waals surface area contributed by atoms with E-state index in [1.54, 1.807) is 24.3 Å². The Kier molecular flexibility index (Phi) is 4.13. The van der Waals surface area contributed by atoms with Crippen LogP contribution in [0.2, 0.25) is 0 Å². The smallest absolute Gasteiger partial charge is 0.337 e. The number of aryl methyl sites for hydroxylation is 1.